The third-order valence-corrected chi connectivity index (χ3v) is 3.15. The number of urea groups is 1. The highest BCUT2D eigenvalue weighted by Crippen LogP contribution is 2.33. The third kappa shape index (κ3) is 3.17. The van der Waals surface area contributed by atoms with Gasteiger partial charge in [-0.25, -0.2) is 4.79 Å². The lowest BCUT2D eigenvalue weighted by molar-refractivity contribution is -0.137. The number of rotatable bonds is 3. The molecular weight excluding hydrogens is 283 g/mol. The zero-order valence-electron chi connectivity index (χ0n) is 11.7. The molecule has 0 radical (unpaired) electrons. The van der Waals surface area contributed by atoms with E-state index in [1.807, 2.05) is 13.8 Å². The molecule has 1 heterocycles. The quantitative estimate of drug-likeness (QED) is 0.931. The van der Waals surface area contributed by atoms with Crippen LogP contribution in [0, 0.1) is 5.92 Å². The molecule has 7 heteroatoms. The fourth-order valence-electron chi connectivity index (χ4n) is 2.32. The van der Waals surface area contributed by atoms with E-state index in [2.05, 4.69) is 4.99 Å². The molecule has 21 heavy (non-hydrogen) atoms. The van der Waals surface area contributed by atoms with Gasteiger partial charge < -0.3 is 10.6 Å². The van der Waals surface area contributed by atoms with Gasteiger partial charge in [0.25, 0.3) is 0 Å². The van der Waals surface area contributed by atoms with Crippen LogP contribution in [-0.4, -0.2) is 23.3 Å². The standard InChI is InChI=1S/C14H16F3N3O/c1-8(2)7-20-11(12(18)19-13(20)21)9-4-3-5-10(6-9)14(15,16)17/h3-6,8,11H,7H2,1-2H3,(H2,18,19,21). The first-order chi connectivity index (χ1) is 9.70. The minimum absolute atomic E-state index is 0.0278. The van der Waals surface area contributed by atoms with E-state index in [1.165, 1.54) is 17.0 Å². The van der Waals surface area contributed by atoms with Gasteiger partial charge in [-0.1, -0.05) is 26.0 Å². The maximum absolute atomic E-state index is 12.8. The van der Waals surface area contributed by atoms with Crippen molar-refractivity contribution in [1.29, 1.82) is 0 Å². The Morgan fingerprint density at radius 2 is 2.05 bits per heavy atom. The van der Waals surface area contributed by atoms with Gasteiger partial charge >= 0.3 is 12.2 Å². The number of carbonyl (C=O) groups excluding carboxylic acids is 1. The Morgan fingerprint density at radius 1 is 1.38 bits per heavy atom. The lowest BCUT2D eigenvalue weighted by Crippen LogP contribution is -2.36. The molecule has 0 bridgehead atoms. The fourth-order valence-corrected chi connectivity index (χ4v) is 2.32. The summed E-state index contributed by atoms with van der Waals surface area (Å²) in [6.07, 6.45) is -4.44. The van der Waals surface area contributed by atoms with Crippen LogP contribution in [0.15, 0.2) is 29.3 Å². The van der Waals surface area contributed by atoms with Crippen LogP contribution >= 0.6 is 0 Å². The summed E-state index contributed by atoms with van der Waals surface area (Å²) in [7, 11) is 0. The van der Waals surface area contributed by atoms with Gasteiger partial charge in [-0.3, -0.25) is 0 Å². The van der Waals surface area contributed by atoms with Crippen LogP contribution in [0.4, 0.5) is 18.0 Å². The molecule has 2 amide bonds. The summed E-state index contributed by atoms with van der Waals surface area (Å²) >= 11 is 0. The third-order valence-electron chi connectivity index (χ3n) is 3.15. The first-order valence-electron chi connectivity index (χ1n) is 6.52. The van der Waals surface area contributed by atoms with Gasteiger partial charge in [0, 0.05) is 6.54 Å². The Bertz CT molecular complexity index is 581. The molecule has 4 nitrogen and oxygen atoms in total. The number of aliphatic imine (C=N–C) groups is 1. The van der Waals surface area contributed by atoms with E-state index in [9.17, 15) is 18.0 Å². The van der Waals surface area contributed by atoms with Gasteiger partial charge in [0.15, 0.2) is 0 Å². The van der Waals surface area contributed by atoms with Crippen molar-refractivity contribution in [2.24, 2.45) is 16.6 Å². The molecule has 0 saturated carbocycles. The van der Waals surface area contributed by atoms with Crippen molar-refractivity contribution in [3.63, 3.8) is 0 Å². The van der Waals surface area contributed by atoms with E-state index in [1.54, 1.807) is 0 Å². The Labute approximate surface area is 120 Å². The van der Waals surface area contributed by atoms with Crippen molar-refractivity contribution in [2.45, 2.75) is 26.1 Å². The van der Waals surface area contributed by atoms with Crippen molar-refractivity contribution in [3.05, 3.63) is 35.4 Å². The predicted octanol–water partition coefficient (Wildman–Crippen LogP) is 3.20. The van der Waals surface area contributed by atoms with Crippen LogP contribution in [0.3, 0.4) is 0 Å². The SMILES string of the molecule is CC(C)CN1C(=O)N=C(N)C1c1cccc(C(F)(F)F)c1. The summed E-state index contributed by atoms with van der Waals surface area (Å²) in [4.78, 5) is 16.9. The molecule has 1 aromatic carbocycles. The van der Waals surface area contributed by atoms with E-state index in [0.29, 0.717) is 12.1 Å². The summed E-state index contributed by atoms with van der Waals surface area (Å²) < 4.78 is 38.4. The van der Waals surface area contributed by atoms with Crippen molar-refractivity contribution >= 4 is 11.9 Å². The summed E-state index contributed by atoms with van der Waals surface area (Å²) in [5.41, 5.74) is 5.28. The average Bonchev–Trinajstić information content (AvgIpc) is 2.62. The number of carbonyl (C=O) groups is 1. The lowest BCUT2D eigenvalue weighted by atomic mass is 10.0. The van der Waals surface area contributed by atoms with Crippen LogP contribution in [0.25, 0.3) is 0 Å². The van der Waals surface area contributed by atoms with Crippen molar-refractivity contribution < 1.29 is 18.0 Å². The number of nitrogens with zero attached hydrogens (tertiary/aromatic N) is 2. The molecule has 2 rings (SSSR count). The van der Waals surface area contributed by atoms with E-state index in [-0.39, 0.29) is 11.8 Å². The summed E-state index contributed by atoms with van der Waals surface area (Å²) in [5, 5.41) is 0. The molecule has 0 aliphatic carbocycles. The number of amidine groups is 1. The Hall–Kier alpha value is -2.05. The summed E-state index contributed by atoms with van der Waals surface area (Å²) in [6, 6.07) is 3.58. The second kappa shape index (κ2) is 5.38. The minimum Gasteiger partial charge on any atom is -0.385 e. The predicted molar refractivity (Wildman–Crippen MR) is 72.7 cm³/mol. The molecule has 0 fully saturated rings. The van der Waals surface area contributed by atoms with Crippen molar-refractivity contribution in [2.75, 3.05) is 6.54 Å². The topological polar surface area (TPSA) is 58.7 Å². The van der Waals surface area contributed by atoms with Crippen LogP contribution in [-0.2, 0) is 6.18 Å². The highest BCUT2D eigenvalue weighted by Gasteiger charge is 2.37. The first-order valence-corrected chi connectivity index (χ1v) is 6.52. The Morgan fingerprint density at radius 3 is 2.62 bits per heavy atom. The fraction of sp³-hybridized carbons (Fsp3) is 0.429. The van der Waals surface area contributed by atoms with Gasteiger partial charge in [0.05, 0.1) is 5.56 Å². The molecule has 114 valence electrons. The monoisotopic (exact) mass is 299 g/mol. The minimum atomic E-state index is -4.44. The Kier molecular flexibility index (Phi) is 3.93. The number of amides is 2. The summed E-state index contributed by atoms with van der Waals surface area (Å²) in [5.74, 6) is 0.184. The Balaban J connectivity index is 2.39. The molecule has 1 atom stereocenters. The normalized spacial score (nSPS) is 19.3. The smallest absolute Gasteiger partial charge is 0.385 e. The van der Waals surface area contributed by atoms with Crippen LogP contribution in [0.5, 0.6) is 0 Å². The number of nitrogens with two attached hydrogens (primary N) is 1. The largest absolute Gasteiger partial charge is 0.416 e. The molecule has 2 N–H and O–H groups in total. The second-order valence-corrected chi connectivity index (χ2v) is 5.39. The molecule has 1 aliphatic heterocycles. The van der Waals surface area contributed by atoms with Crippen LogP contribution in [0.2, 0.25) is 0 Å². The van der Waals surface area contributed by atoms with Gasteiger partial charge in [-0.05, 0) is 23.6 Å². The molecule has 1 aliphatic rings. The maximum atomic E-state index is 12.8. The highest BCUT2D eigenvalue weighted by molar-refractivity contribution is 6.03. The van der Waals surface area contributed by atoms with Crippen molar-refractivity contribution in [1.82, 2.24) is 4.90 Å². The highest BCUT2D eigenvalue weighted by atomic mass is 19.4. The number of benzene rings is 1. The number of hydrogen-bond donors (Lipinski definition) is 1. The van der Waals surface area contributed by atoms with Gasteiger partial charge in [0.1, 0.15) is 11.9 Å². The van der Waals surface area contributed by atoms with E-state index < -0.39 is 23.8 Å². The van der Waals surface area contributed by atoms with Crippen molar-refractivity contribution in [3.8, 4) is 0 Å². The number of alkyl halides is 3. The number of halogens is 3. The average molecular weight is 299 g/mol. The lowest BCUT2D eigenvalue weighted by Gasteiger charge is -2.26. The van der Waals surface area contributed by atoms with E-state index in [0.717, 1.165) is 12.1 Å². The van der Waals surface area contributed by atoms with Crippen LogP contribution in [0.1, 0.15) is 31.0 Å². The van der Waals surface area contributed by atoms with Gasteiger partial charge in [-0.15, -0.1) is 0 Å². The molecular formula is C14H16F3N3O. The van der Waals surface area contributed by atoms with E-state index in [4.69, 9.17) is 5.73 Å². The molecule has 0 saturated heterocycles. The maximum Gasteiger partial charge on any atom is 0.416 e. The van der Waals surface area contributed by atoms with Gasteiger partial charge in [0.2, 0.25) is 0 Å². The zero-order chi connectivity index (χ0) is 15.8. The summed E-state index contributed by atoms with van der Waals surface area (Å²) in [6.45, 7) is 4.19. The molecule has 1 unspecified atom stereocenters. The number of hydrogen-bond acceptors (Lipinski definition) is 2. The van der Waals surface area contributed by atoms with Crippen LogP contribution < -0.4 is 5.73 Å². The molecule has 0 aromatic heterocycles. The second-order valence-electron chi connectivity index (χ2n) is 5.39. The first kappa shape index (κ1) is 15.3. The molecule has 0 spiro atoms. The van der Waals surface area contributed by atoms with Gasteiger partial charge in [-0.2, -0.15) is 18.2 Å². The zero-order valence-corrected chi connectivity index (χ0v) is 11.7. The molecule has 1 aromatic rings. The van der Waals surface area contributed by atoms with E-state index >= 15 is 0 Å².